The summed E-state index contributed by atoms with van der Waals surface area (Å²) < 4.78 is 0. The summed E-state index contributed by atoms with van der Waals surface area (Å²) in [5.41, 5.74) is 0. The van der Waals surface area contributed by atoms with E-state index in [2.05, 4.69) is 9.97 Å². The van der Waals surface area contributed by atoms with E-state index < -0.39 is 0 Å². The van der Waals surface area contributed by atoms with Crippen molar-refractivity contribution in [1.29, 1.82) is 0 Å². The average molecular weight is 208 g/mol. The zero-order valence-electron chi connectivity index (χ0n) is 7.85. The van der Waals surface area contributed by atoms with Crippen molar-refractivity contribution in [2.24, 2.45) is 0 Å². The van der Waals surface area contributed by atoms with Crippen molar-refractivity contribution in [3.63, 3.8) is 0 Å². The minimum Gasteiger partial charge on any atom is -0.298 e. The molecule has 14 heavy (non-hydrogen) atoms. The molecule has 1 aromatic rings. The van der Waals surface area contributed by atoms with Crippen LogP contribution < -0.4 is 0 Å². The van der Waals surface area contributed by atoms with Gasteiger partial charge in [-0.1, -0.05) is 18.2 Å². The molecule has 0 N–H and O–H groups in total. The van der Waals surface area contributed by atoms with E-state index in [1.807, 2.05) is 0 Å². The van der Waals surface area contributed by atoms with E-state index in [-0.39, 0.29) is 5.25 Å². The lowest BCUT2D eigenvalue weighted by Gasteiger charge is -2.18. The third-order valence-electron chi connectivity index (χ3n) is 2.29. The molecule has 1 aliphatic carbocycles. The van der Waals surface area contributed by atoms with Crippen LogP contribution in [-0.2, 0) is 4.79 Å². The largest absolute Gasteiger partial charge is 0.298 e. The summed E-state index contributed by atoms with van der Waals surface area (Å²) in [5, 5.41) is 0.805. The quantitative estimate of drug-likeness (QED) is 0.698. The molecule has 0 spiro atoms. The third-order valence-corrected chi connectivity index (χ3v) is 3.49. The fourth-order valence-electron chi connectivity index (χ4n) is 1.55. The average Bonchev–Trinajstić information content (AvgIpc) is 2.23. The maximum absolute atomic E-state index is 11.5. The smallest absolute Gasteiger partial charge is 0.188 e. The molecule has 3 nitrogen and oxygen atoms in total. The monoisotopic (exact) mass is 208 g/mol. The molecule has 0 radical (unpaired) electrons. The van der Waals surface area contributed by atoms with Gasteiger partial charge in [0.15, 0.2) is 5.16 Å². The minimum atomic E-state index is 0.0890. The molecule has 1 aromatic heterocycles. The van der Waals surface area contributed by atoms with Gasteiger partial charge in [0.05, 0.1) is 5.25 Å². The first-order valence-corrected chi connectivity index (χ1v) is 5.70. The number of carbonyl (C=O) groups is 1. The molecule has 2 rings (SSSR count). The van der Waals surface area contributed by atoms with Gasteiger partial charge < -0.3 is 0 Å². The first-order valence-electron chi connectivity index (χ1n) is 4.82. The second kappa shape index (κ2) is 4.55. The van der Waals surface area contributed by atoms with Gasteiger partial charge in [-0.2, -0.15) is 0 Å². The highest BCUT2D eigenvalue weighted by Gasteiger charge is 2.23. The van der Waals surface area contributed by atoms with Crippen LogP contribution in [0.5, 0.6) is 0 Å². The van der Waals surface area contributed by atoms with Crippen LogP contribution in [0, 0.1) is 0 Å². The van der Waals surface area contributed by atoms with Crippen molar-refractivity contribution >= 4 is 17.5 Å². The Labute approximate surface area is 87.3 Å². The van der Waals surface area contributed by atoms with Crippen LogP contribution in [0.1, 0.15) is 25.7 Å². The highest BCUT2D eigenvalue weighted by molar-refractivity contribution is 8.00. The maximum Gasteiger partial charge on any atom is 0.188 e. The molecule has 0 aliphatic heterocycles. The topological polar surface area (TPSA) is 42.9 Å². The molecule has 4 heteroatoms. The molecule has 1 aliphatic rings. The number of ketones is 1. The van der Waals surface area contributed by atoms with E-state index in [0.29, 0.717) is 10.9 Å². The number of aromatic nitrogens is 2. The van der Waals surface area contributed by atoms with Gasteiger partial charge in [-0.15, -0.1) is 0 Å². The number of nitrogens with zero attached hydrogens (tertiary/aromatic N) is 2. The van der Waals surface area contributed by atoms with E-state index in [1.54, 1.807) is 18.5 Å². The Morgan fingerprint density at radius 1 is 1.29 bits per heavy atom. The van der Waals surface area contributed by atoms with Crippen LogP contribution in [0.25, 0.3) is 0 Å². The zero-order valence-corrected chi connectivity index (χ0v) is 8.67. The van der Waals surface area contributed by atoms with Gasteiger partial charge >= 0.3 is 0 Å². The molecular weight excluding hydrogens is 196 g/mol. The lowest BCUT2D eigenvalue weighted by Crippen LogP contribution is -2.21. The third kappa shape index (κ3) is 2.32. The van der Waals surface area contributed by atoms with Crippen LogP contribution in [0.3, 0.4) is 0 Å². The first kappa shape index (κ1) is 9.65. The molecule has 0 amide bonds. The minimum absolute atomic E-state index is 0.0890. The van der Waals surface area contributed by atoms with Gasteiger partial charge in [0.1, 0.15) is 5.78 Å². The number of hydrogen-bond acceptors (Lipinski definition) is 4. The molecule has 0 saturated heterocycles. The zero-order chi connectivity index (χ0) is 9.80. The van der Waals surface area contributed by atoms with Crippen LogP contribution in [-0.4, -0.2) is 21.0 Å². The number of rotatable bonds is 2. The van der Waals surface area contributed by atoms with Crippen LogP contribution in [0.4, 0.5) is 0 Å². The predicted molar refractivity (Wildman–Crippen MR) is 55.2 cm³/mol. The van der Waals surface area contributed by atoms with Crippen LogP contribution in [0.15, 0.2) is 23.6 Å². The summed E-state index contributed by atoms with van der Waals surface area (Å²) in [7, 11) is 0. The van der Waals surface area contributed by atoms with E-state index in [4.69, 9.17) is 0 Å². The molecule has 0 bridgehead atoms. The molecular formula is C10H12N2OS. The summed E-state index contributed by atoms with van der Waals surface area (Å²) >= 11 is 1.50. The maximum atomic E-state index is 11.5. The second-order valence-corrected chi connectivity index (χ2v) is 4.52. The van der Waals surface area contributed by atoms with Gasteiger partial charge in [-0.3, -0.25) is 4.79 Å². The van der Waals surface area contributed by atoms with E-state index in [1.165, 1.54) is 11.8 Å². The Morgan fingerprint density at radius 3 is 2.79 bits per heavy atom. The fraction of sp³-hybridized carbons (Fsp3) is 0.500. The SMILES string of the molecule is O=C1CCCC[C@@H]1Sc1ncccn1. The van der Waals surface area contributed by atoms with Crippen molar-refractivity contribution in [2.45, 2.75) is 36.1 Å². The Morgan fingerprint density at radius 2 is 2.07 bits per heavy atom. The summed E-state index contributed by atoms with van der Waals surface area (Å²) in [5.74, 6) is 0.355. The summed E-state index contributed by atoms with van der Waals surface area (Å²) in [6.07, 6.45) is 7.32. The number of hydrogen-bond donors (Lipinski definition) is 0. The van der Waals surface area contributed by atoms with Gasteiger partial charge in [0, 0.05) is 18.8 Å². The van der Waals surface area contributed by atoms with Crippen LogP contribution in [0.2, 0.25) is 0 Å². The fourth-order valence-corrected chi connectivity index (χ4v) is 2.58. The molecule has 1 atom stereocenters. The van der Waals surface area contributed by atoms with Crippen molar-refractivity contribution < 1.29 is 4.79 Å². The molecule has 1 heterocycles. The first-order chi connectivity index (χ1) is 6.86. The second-order valence-electron chi connectivity index (χ2n) is 3.35. The van der Waals surface area contributed by atoms with Crippen molar-refractivity contribution in [2.75, 3.05) is 0 Å². The van der Waals surface area contributed by atoms with Gasteiger partial charge in [-0.25, -0.2) is 9.97 Å². The molecule has 0 unspecified atom stereocenters. The van der Waals surface area contributed by atoms with Crippen molar-refractivity contribution in [1.82, 2.24) is 9.97 Å². The highest BCUT2D eigenvalue weighted by Crippen LogP contribution is 2.28. The lowest BCUT2D eigenvalue weighted by molar-refractivity contribution is -0.119. The number of thioether (sulfide) groups is 1. The Bertz CT molecular complexity index is 315. The Kier molecular flexibility index (Phi) is 3.14. The van der Waals surface area contributed by atoms with E-state index in [9.17, 15) is 4.79 Å². The molecule has 0 aromatic carbocycles. The van der Waals surface area contributed by atoms with E-state index >= 15 is 0 Å². The standard InChI is InChI=1S/C10H12N2OS/c13-8-4-1-2-5-9(8)14-10-11-6-3-7-12-10/h3,6-7,9H,1-2,4-5H2/t9-/m0/s1. The summed E-state index contributed by atoms with van der Waals surface area (Å²) in [6.45, 7) is 0. The molecule has 74 valence electrons. The Balaban J connectivity index is 2.00. The van der Waals surface area contributed by atoms with Crippen LogP contribution >= 0.6 is 11.8 Å². The lowest BCUT2D eigenvalue weighted by atomic mass is 9.99. The number of Topliss-reactive ketones (excluding diaryl/α,β-unsaturated/α-hetero) is 1. The Hall–Kier alpha value is -0.900. The van der Waals surface area contributed by atoms with Gasteiger partial charge in [0.25, 0.3) is 0 Å². The summed E-state index contributed by atoms with van der Waals surface area (Å²) in [6, 6.07) is 1.78. The molecule has 1 saturated carbocycles. The van der Waals surface area contributed by atoms with Gasteiger partial charge in [-0.05, 0) is 18.9 Å². The molecule has 1 fully saturated rings. The summed E-state index contributed by atoms with van der Waals surface area (Å²) in [4.78, 5) is 19.7. The van der Waals surface area contributed by atoms with E-state index in [0.717, 1.165) is 25.7 Å². The predicted octanol–water partition coefficient (Wildman–Crippen LogP) is 2.08. The van der Waals surface area contributed by atoms with Gasteiger partial charge in [0.2, 0.25) is 0 Å². The van der Waals surface area contributed by atoms with Crippen molar-refractivity contribution in [3.8, 4) is 0 Å². The van der Waals surface area contributed by atoms with Crippen molar-refractivity contribution in [3.05, 3.63) is 18.5 Å². The number of carbonyl (C=O) groups excluding carboxylic acids is 1. The normalized spacial score (nSPS) is 22.3. The highest BCUT2D eigenvalue weighted by atomic mass is 32.2.